The topological polar surface area (TPSA) is 27.1 Å². The minimum Gasteiger partial charge on any atom is -0.381 e. The van der Waals surface area contributed by atoms with E-state index in [1.807, 2.05) is 48.1 Å². The zero-order valence-corrected chi connectivity index (χ0v) is 15.5. The van der Waals surface area contributed by atoms with Crippen molar-refractivity contribution >= 4 is 11.8 Å². The molecule has 1 saturated heterocycles. The van der Waals surface area contributed by atoms with Crippen molar-refractivity contribution < 1.29 is 9.13 Å². The van der Waals surface area contributed by atoms with E-state index in [-0.39, 0.29) is 11.7 Å². The average Bonchev–Trinajstić information content (AvgIpc) is 3.11. The predicted octanol–water partition coefficient (Wildman–Crippen LogP) is 5.27. The van der Waals surface area contributed by atoms with Gasteiger partial charge in [-0.05, 0) is 54.2 Å². The van der Waals surface area contributed by atoms with Gasteiger partial charge >= 0.3 is 0 Å². The first kappa shape index (κ1) is 17.3. The van der Waals surface area contributed by atoms with E-state index < -0.39 is 0 Å². The smallest absolute Gasteiger partial charge is 0.140 e. The maximum Gasteiger partial charge on any atom is 0.140 e. The van der Waals surface area contributed by atoms with Gasteiger partial charge in [0.2, 0.25) is 0 Å². The van der Waals surface area contributed by atoms with Crippen LogP contribution in [-0.2, 0) is 11.8 Å². The van der Waals surface area contributed by atoms with Gasteiger partial charge in [0, 0.05) is 36.2 Å². The van der Waals surface area contributed by atoms with Crippen LogP contribution in [0.15, 0.2) is 64.5 Å². The van der Waals surface area contributed by atoms with E-state index in [2.05, 4.69) is 17.2 Å². The first-order valence-electron chi connectivity index (χ1n) is 8.85. The summed E-state index contributed by atoms with van der Waals surface area (Å²) in [5, 5.41) is 4.20. The zero-order valence-electron chi connectivity index (χ0n) is 14.7. The molecule has 0 N–H and O–H groups in total. The van der Waals surface area contributed by atoms with Crippen molar-refractivity contribution in [1.82, 2.24) is 9.78 Å². The Labute approximate surface area is 157 Å². The van der Waals surface area contributed by atoms with E-state index in [1.165, 1.54) is 11.8 Å². The summed E-state index contributed by atoms with van der Waals surface area (Å²) in [6.07, 6.45) is 3.57. The first-order valence-corrected chi connectivity index (χ1v) is 9.66. The van der Waals surface area contributed by atoms with Crippen LogP contribution in [-0.4, -0.2) is 23.0 Å². The number of aryl methyl sites for hydroxylation is 1. The molecule has 0 spiro atoms. The SMILES string of the molecule is Cn1nccc1-c1ccc(Sc2cccc(C3CCOCC3)c2F)cc1. The van der Waals surface area contributed by atoms with Gasteiger partial charge in [-0.3, -0.25) is 4.68 Å². The lowest BCUT2D eigenvalue weighted by atomic mass is 9.91. The Morgan fingerprint density at radius 3 is 2.54 bits per heavy atom. The quantitative estimate of drug-likeness (QED) is 0.628. The van der Waals surface area contributed by atoms with E-state index in [0.717, 1.165) is 47.8 Å². The van der Waals surface area contributed by atoms with Crippen LogP contribution >= 0.6 is 11.8 Å². The number of nitrogens with zero attached hydrogens (tertiary/aromatic N) is 2. The monoisotopic (exact) mass is 368 g/mol. The molecule has 26 heavy (non-hydrogen) atoms. The fourth-order valence-corrected chi connectivity index (χ4v) is 4.29. The number of ether oxygens (including phenoxy) is 1. The molecule has 0 amide bonds. The van der Waals surface area contributed by atoms with Gasteiger partial charge in [0.1, 0.15) is 5.82 Å². The van der Waals surface area contributed by atoms with Crippen LogP contribution in [0.25, 0.3) is 11.3 Å². The highest BCUT2D eigenvalue weighted by Crippen LogP contribution is 2.36. The molecule has 2 aromatic carbocycles. The molecule has 0 radical (unpaired) electrons. The highest BCUT2D eigenvalue weighted by atomic mass is 32.2. The van der Waals surface area contributed by atoms with Crippen molar-refractivity contribution in [3.05, 3.63) is 66.1 Å². The number of benzene rings is 2. The van der Waals surface area contributed by atoms with Crippen LogP contribution in [0.2, 0.25) is 0 Å². The fraction of sp³-hybridized carbons (Fsp3) is 0.286. The Bertz CT molecular complexity index is 885. The normalized spacial score (nSPS) is 15.3. The molecular formula is C21H21FN2OS. The molecule has 134 valence electrons. The van der Waals surface area contributed by atoms with Crippen LogP contribution in [0.5, 0.6) is 0 Å². The lowest BCUT2D eigenvalue weighted by molar-refractivity contribution is 0.0845. The van der Waals surface area contributed by atoms with Crippen LogP contribution in [0, 0.1) is 5.82 Å². The van der Waals surface area contributed by atoms with Crippen LogP contribution in [0.1, 0.15) is 24.3 Å². The van der Waals surface area contributed by atoms with Crippen molar-refractivity contribution in [2.45, 2.75) is 28.6 Å². The van der Waals surface area contributed by atoms with E-state index >= 15 is 4.39 Å². The molecule has 4 rings (SSSR count). The minimum absolute atomic E-state index is 0.0832. The number of hydrogen-bond acceptors (Lipinski definition) is 3. The van der Waals surface area contributed by atoms with Crippen molar-refractivity contribution in [2.24, 2.45) is 7.05 Å². The van der Waals surface area contributed by atoms with Gasteiger partial charge < -0.3 is 4.74 Å². The maximum absolute atomic E-state index is 15.0. The van der Waals surface area contributed by atoms with E-state index in [1.54, 1.807) is 6.20 Å². The summed E-state index contributed by atoms with van der Waals surface area (Å²) >= 11 is 1.47. The Balaban J connectivity index is 1.55. The summed E-state index contributed by atoms with van der Waals surface area (Å²) in [4.78, 5) is 1.71. The summed E-state index contributed by atoms with van der Waals surface area (Å²) < 4.78 is 22.3. The molecule has 3 nitrogen and oxygen atoms in total. The molecule has 3 aromatic rings. The Morgan fingerprint density at radius 1 is 1.08 bits per heavy atom. The number of aromatic nitrogens is 2. The maximum atomic E-state index is 15.0. The average molecular weight is 368 g/mol. The van der Waals surface area contributed by atoms with Crippen molar-refractivity contribution in [3.8, 4) is 11.3 Å². The predicted molar refractivity (Wildman–Crippen MR) is 102 cm³/mol. The van der Waals surface area contributed by atoms with Crippen molar-refractivity contribution in [3.63, 3.8) is 0 Å². The highest BCUT2D eigenvalue weighted by Gasteiger charge is 2.21. The first-order chi connectivity index (χ1) is 12.7. The molecule has 2 heterocycles. The Morgan fingerprint density at radius 2 is 1.85 bits per heavy atom. The Kier molecular flexibility index (Phi) is 5.09. The lowest BCUT2D eigenvalue weighted by Crippen LogP contribution is -2.15. The summed E-state index contributed by atoms with van der Waals surface area (Å²) in [6, 6.07) is 15.9. The van der Waals surface area contributed by atoms with Gasteiger partial charge in [0.25, 0.3) is 0 Å². The van der Waals surface area contributed by atoms with Gasteiger partial charge in [-0.2, -0.15) is 5.10 Å². The molecule has 0 bridgehead atoms. The molecular weight excluding hydrogens is 347 g/mol. The van der Waals surface area contributed by atoms with Crippen molar-refractivity contribution in [2.75, 3.05) is 13.2 Å². The zero-order chi connectivity index (χ0) is 17.9. The van der Waals surface area contributed by atoms with Crippen LogP contribution in [0.4, 0.5) is 4.39 Å². The van der Waals surface area contributed by atoms with Crippen molar-refractivity contribution in [1.29, 1.82) is 0 Å². The number of rotatable bonds is 4. The summed E-state index contributed by atoms with van der Waals surface area (Å²) in [5.74, 6) is 0.177. The third kappa shape index (κ3) is 3.55. The largest absolute Gasteiger partial charge is 0.381 e. The molecule has 1 aromatic heterocycles. The minimum atomic E-state index is -0.0832. The Hall–Kier alpha value is -2.11. The second-order valence-corrected chi connectivity index (χ2v) is 7.63. The molecule has 0 unspecified atom stereocenters. The molecule has 5 heteroatoms. The van der Waals surface area contributed by atoms with E-state index in [4.69, 9.17) is 4.74 Å². The summed E-state index contributed by atoms with van der Waals surface area (Å²) in [6.45, 7) is 1.44. The van der Waals surface area contributed by atoms with Gasteiger partial charge in [0.15, 0.2) is 0 Å². The molecule has 0 saturated carbocycles. The molecule has 0 atom stereocenters. The van der Waals surface area contributed by atoms with Gasteiger partial charge in [-0.25, -0.2) is 4.39 Å². The fourth-order valence-electron chi connectivity index (χ4n) is 3.41. The van der Waals surface area contributed by atoms with E-state index in [0.29, 0.717) is 4.90 Å². The molecule has 1 fully saturated rings. The third-order valence-corrected chi connectivity index (χ3v) is 5.90. The van der Waals surface area contributed by atoms with Gasteiger partial charge in [0.05, 0.1) is 5.69 Å². The van der Waals surface area contributed by atoms with Crippen LogP contribution in [0.3, 0.4) is 0 Å². The molecule has 1 aliphatic rings. The third-order valence-electron chi connectivity index (χ3n) is 4.85. The lowest BCUT2D eigenvalue weighted by Gasteiger charge is -2.23. The number of hydrogen-bond donors (Lipinski definition) is 0. The highest BCUT2D eigenvalue weighted by molar-refractivity contribution is 7.99. The van der Waals surface area contributed by atoms with E-state index in [9.17, 15) is 0 Å². The van der Waals surface area contributed by atoms with Gasteiger partial charge in [-0.15, -0.1) is 0 Å². The van der Waals surface area contributed by atoms with Gasteiger partial charge in [-0.1, -0.05) is 36.0 Å². The summed E-state index contributed by atoms with van der Waals surface area (Å²) in [7, 11) is 1.93. The molecule has 1 aliphatic heterocycles. The second-order valence-electron chi connectivity index (χ2n) is 6.51. The van der Waals surface area contributed by atoms with Crippen LogP contribution < -0.4 is 0 Å². The second kappa shape index (κ2) is 7.64. The molecule has 0 aliphatic carbocycles. The standard InChI is InChI=1S/C21H21FN2OS/c1-24-19(9-12-23-24)16-5-7-17(8-6-16)26-20-4-2-3-18(21(20)22)15-10-13-25-14-11-15/h2-9,12,15H,10-11,13-14H2,1H3. The summed E-state index contributed by atoms with van der Waals surface area (Å²) in [5.41, 5.74) is 2.99. The number of halogens is 1.